The van der Waals surface area contributed by atoms with Crippen LogP contribution in [0.25, 0.3) is 10.4 Å². The molecular weight excluding hydrogens is 330 g/mol. The Morgan fingerprint density at radius 1 is 1.33 bits per heavy atom. The van der Waals surface area contributed by atoms with E-state index in [1.165, 1.54) is 9.75 Å². The zero-order valence-electron chi connectivity index (χ0n) is 10.3. The first-order valence-electron chi connectivity index (χ1n) is 5.88. The first-order chi connectivity index (χ1) is 8.65. The van der Waals surface area contributed by atoms with Crippen molar-refractivity contribution in [3.05, 3.63) is 44.7 Å². The Balaban J connectivity index is 2.37. The minimum atomic E-state index is 0.426. The second-order valence-electron chi connectivity index (χ2n) is 4.08. The molecule has 4 heteroatoms. The van der Waals surface area contributed by atoms with Crippen molar-refractivity contribution in [3.8, 4) is 10.4 Å². The second kappa shape index (κ2) is 6.20. The highest BCUT2D eigenvalue weighted by Crippen LogP contribution is 2.37. The van der Waals surface area contributed by atoms with Crippen molar-refractivity contribution in [2.45, 2.75) is 19.4 Å². The fraction of sp³-hybridized carbons (Fsp3) is 0.286. The van der Waals surface area contributed by atoms with Crippen molar-refractivity contribution >= 4 is 38.9 Å². The molecule has 1 heterocycles. The Labute approximate surface area is 125 Å². The molecule has 0 spiro atoms. The Morgan fingerprint density at radius 3 is 2.78 bits per heavy atom. The van der Waals surface area contributed by atoms with Gasteiger partial charge >= 0.3 is 0 Å². The van der Waals surface area contributed by atoms with Crippen LogP contribution in [0.3, 0.4) is 0 Å². The molecule has 0 aliphatic heterocycles. The van der Waals surface area contributed by atoms with Crippen LogP contribution >= 0.6 is 38.9 Å². The molecule has 18 heavy (non-hydrogen) atoms. The fourth-order valence-corrected chi connectivity index (χ4v) is 3.79. The molecule has 0 saturated heterocycles. The molecule has 0 bridgehead atoms. The van der Waals surface area contributed by atoms with Gasteiger partial charge in [-0.3, -0.25) is 0 Å². The summed E-state index contributed by atoms with van der Waals surface area (Å²) in [5.74, 6) is 0. The van der Waals surface area contributed by atoms with Crippen molar-refractivity contribution in [1.82, 2.24) is 5.32 Å². The highest BCUT2D eigenvalue weighted by atomic mass is 79.9. The monoisotopic (exact) mass is 343 g/mol. The van der Waals surface area contributed by atoms with Crippen molar-refractivity contribution < 1.29 is 0 Å². The van der Waals surface area contributed by atoms with Crippen molar-refractivity contribution in [2.24, 2.45) is 0 Å². The van der Waals surface area contributed by atoms with Gasteiger partial charge in [-0.1, -0.05) is 34.5 Å². The molecule has 0 amide bonds. The highest BCUT2D eigenvalue weighted by Gasteiger charge is 2.12. The molecule has 1 nitrogen and oxygen atoms in total. The molecule has 0 aliphatic rings. The molecule has 0 fully saturated rings. The molecule has 96 valence electrons. The molecule has 2 rings (SSSR count). The number of halogens is 2. The van der Waals surface area contributed by atoms with E-state index in [2.05, 4.69) is 46.4 Å². The molecule has 1 aromatic carbocycles. The maximum atomic E-state index is 6.26. The number of hydrogen-bond acceptors (Lipinski definition) is 2. The van der Waals surface area contributed by atoms with Gasteiger partial charge < -0.3 is 5.32 Å². The van der Waals surface area contributed by atoms with Crippen LogP contribution in [0.2, 0.25) is 5.02 Å². The van der Waals surface area contributed by atoms with Crippen LogP contribution in [0.5, 0.6) is 0 Å². The molecular formula is C14H15BrClNS. The number of nitrogens with one attached hydrogen (secondary N) is 1. The van der Waals surface area contributed by atoms with Crippen molar-refractivity contribution in [3.63, 3.8) is 0 Å². The van der Waals surface area contributed by atoms with Crippen LogP contribution in [-0.4, -0.2) is 7.05 Å². The summed E-state index contributed by atoms with van der Waals surface area (Å²) in [5, 5.41) is 4.12. The van der Waals surface area contributed by atoms with Gasteiger partial charge in [-0.25, -0.2) is 0 Å². The van der Waals surface area contributed by atoms with Crippen molar-refractivity contribution in [1.29, 1.82) is 0 Å². The lowest BCUT2D eigenvalue weighted by Crippen LogP contribution is -2.13. The van der Waals surface area contributed by atoms with Crippen LogP contribution in [0, 0.1) is 0 Å². The van der Waals surface area contributed by atoms with E-state index in [9.17, 15) is 0 Å². The van der Waals surface area contributed by atoms with Crippen LogP contribution in [-0.2, 0) is 0 Å². The lowest BCUT2D eigenvalue weighted by molar-refractivity contribution is 0.586. The van der Waals surface area contributed by atoms with Crippen LogP contribution < -0.4 is 5.32 Å². The number of hydrogen-bond donors (Lipinski definition) is 1. The van der Waals surface area contributed by atoms with E-state index in [1.54, 1.807) is 11.3 Å². The van der Waals surface area contributed by atoms with Gasteiger partial charge in [0.05, 0.1) is 0 Å². The predicted molar refractivity (Wildman–Crippen MR) is 84.6 cm³/mol. The average Bonchev–Trinajstić information content (AvgIpc) is 2.83. The largest absolute Gasteiger partial charge is 0.312 e. The zero-order valence-corrected chi connectivity index (χ0v) is 13.5. The van der Waals surface area contributed by atoms with E-state index < -0.39 is 0 Å². The van der Waals surface area contributed by atoms with Gasteiger partial charge in [-0.15, -0.1) is 11.3 Å². The highest BCUT2D eigenvalue weighted by molar-refractivity contribution is 9.10. The van der Waals surface area contributed by atoms with E-state index >= 15 is 0 Å². The topological polar surface area (TPSA) is 12.0 Å². The molecule has 1 N–H and O–H groups in total. The molecule has 0 radical (unpaired) electrons. The SMILES string of the molecule is CCC(NC)c1ccc(-c2cc(Br)ccc2Cl)s1. The van der Waals surface area contributed by atoms with E-state index in [0.717, 1.165) is 21.5 Å². The molecule has 1 unspecified atom stereocenters. The first-order valence-corrected chi connectivity index (χ1v) is 7.87. The summed E-state index contributed by atoms with van der Waals surface area (Å²) in [7, 11) is 2.00. The Bertz CT molecular complexity index is 534. The summed E-state index contributed by atoms with van der Waals surface area (Å²) in [6.07, 6.45) is 1.09. The molecule has 0 saturated carbocycles. The average molecular weight is 345 g/mol. The summed E-state index contributed by atoms with van der Waals surface area (Å²) >= 11 is 11.5. The summed E-state index contributed by atoms with van der Waals surface area (Å²) in [6, 6.07) is 10.7. The maximum absolute atomic E-state index is 6.26. The van der Waals surface area contributed by atoms with Gasteiger partial charge in [0.1, 0.15) is 0 Å². The summed E-state index contributed by atoms with van der Waals surface area (Å²) in [4.78, 5) is 2.57. The Morgan fingerprint density at radius 2 is 2.11 bits per heavy atom. The Hall–Kier alpha value is -0.350. The third kappa shape index (κ3) is 2.97. The predicted octanol–water partition coefficient (Wildman–Crippen LogP) is 5.50. The Kier molecular flexibility index (Phi) is 4.84. The number of benzene rings is 1. The van der Waals surface area contributed by atoms with Crippen molar-refractivity contribution in [2.75, 3.05) is 7.05 Å². The third-order valence-corrected chi connectivity index (χ3v) is 4.98. The summed E-state index contributed by atoms with van der Waals surface area (Å²) in [5.41, 5.74) is 1.09. The minimum absolute atomic E-state index is 0.426. The summed E-state index contributed by atoms with van der Waals surface area (Å²) in [6.45, 7) is 2.19. The zero-order chi connectivity index (χ0) is 13.1. The standard InChI is InChI=1S/C14H15BrClNS/c1-3-12(17-2)14-7-6-13(18-14)10-8-9(15)4-5-11(10)16/h4-8,12,17H,3H2,1-2H3. The maximum Gasteiger partial charge on any atom is 0.0493 e. The summed E-state index contributed by atoms with van der Waals surface area (Å²) < 4.78 is 1.05. The van der Waals surface area contributed by atoms with Gasteiger partial charge in [-0.2, -0.15) is 0 Å². The molecule has 2 aromatic rings. The van der Waals surface area contributed by atoms with Gasteiger partial charge in [-0.05, 0) is 43.8 Å². The van der Waals surface area contributed by atoms with Crippen LogP contribution in [0.1, 0.15) is 24.3 Å². The van der Waals surface area contributed by atoms with Gasteiger partial charge in [0.15, 0.2) is 0 Å². The van der Waals surface area contributed by atoms with E-state index in [0.29, 0.717) is 6.04 Å². The van der Waals surface area contributed by atoms with Crippen LogP contribution in [0.4, 0.5) is 0 Å². The number of thiophene rings is 1. The second-order valence-corrected chi connectivity index (χ2v) is 6.51. The van der Waals surface area contributed by atoms with Gasteiger partial charge in [0, 0.05) is 30.9 Å². The quantitative estimate of drug-likeness (QED) is 0.772. The number of rotatable bonds is 4. The van der Waals surface area contributed by atoms with E-state index in [1.807, 2.05) is 19.2 Å². The minimum Gasteiger partial charge on any atom is -0.312 e. The molecule has 0 aliphatic carbocycles. The normalized spacial score (nSPS) is 12.7. The van der Waals surface area contributed by atoms with Crippen LogP contribution in [0.15, 0.2) is 34.8 Å². The van der Waals surface area contributed by atoms with Gasteiger partial charge in [0.2, 0.25) is 0 Å². The first kappa shape index (κ1) is 14.1. The smallest absolute Gasteiger partial charge is 0.0493 e. The third-order valence-electron chi connectivity index (χ3n) is 2.92. The van der Waals surface area contributed by atoms with Gasteiger partial charge in [0.25, 0.3) is 0 Å². The van der Waals surface area contributed by atoms with E-state index in [-0.39, 0.29) is 0 Å². The fourth-order valence-electron chi connectivity index (χ4n) is 1.92. The molecule has 1 atom stereocenters. The lowest BCUT2D eigenvalue weighted by atomic mass is 10.1. The molecule has 1 aromatic heterocycles. The lowest BCUT2D eigenvalue weighted by Gasteiger charge is -2.10. The van der Waals surface area contributed by atoms with E-state index in [4.69, 9.17) is 11.6 Å².